The second-order valence-corrected chi connectivity index (χ2v) is 8.24. The lowest BCUT2D eigenvalue weighted by Crippen LogP contribution is -2.52. The van der Waals surface area contributed by atoms with Crippen molar-refractivity contribution in [3.63, 3.8) is 0 Å². The molecule has 1 aromatic carbocycles. The maximum atomic E-state index is 10.6. The first kappa shape index (κ1) is 23.7. The summed E-state index contributed by atoms with van der Waals surface area (Å²) in [6.45, 7) is 0.432. The molecule has 182 valence electrons. The van der Waals surface area contributed by atoms with E-state index in [-0.39, 0.29) is 24.1 Å². The summed E-state index contributed by atoms with van der Waals surface area (Å²) >= 11 is 0. The van der Waals surface area contributed by atoms with E-state index in [0.29, 0.717) is 6.61 Å². The standard InChI is InChI=1S/C20H22N4O3.C2HF3O2/c1-25-14-3-5-18-16(7-14)20(10-26-19(21)24-20)15-6-12(2-4-17(15)27-18)13-8-22-11-23-9-13;3-2(4,5)1(6)7/h2,4,6,8-9,11,14,16,18H,3,5,7,10H2,1H3,(H2,21,24);(H,6,7)/t14-,16+,18+,20?;/m1./s1. The Balaban J connectivity index is 0.000000344. The van der Waals surface area contributed by atoms with Crippen molar-refractivity contribution in [1.29, 1.82) is 0 Å². The first-order chi connectivity index (χ1) is 16.1. The normalized spacial score (nSPS) is 27.3. The van der Waals surface area contributed by atoms with Crippen LogP contribution in [-0.2, 0) is 19.8 Å². The molecule has 9 nitrogen and oxygen atoms in total. The third-order valence-corrected chi connectivity index (χ3v) is 6.30. The molecule has 3 heterocycles. The molecule has 5 rings (SSSR count). The summed E-state index contributed by atoms with van der Waals surface area (Å²) in [4.78, 5) is 22.0. The fourth-order valence-corrected chi connectivity index (χ4v) is 4.70. The van der Waals surface area contributed by atoms with E-state index < -0.39 is 17.7 Å². The number of aliphatic carboxylic acids is 1. The van der Waals surface area contributed by atoms with Gasteiger partial charge in [0, 0.05) is 36.5 Å². The minimum absolute atomic E-state index is 0.0908. The van der Waals surface area contributed by atoms with E-state index in [1.165, 1.54) is 6.33 Å². The number of benzene rings is 1. The molecule has 1 unspecified atom stereocenters. The van der Waals surface area contributed by atoms with Gasteiger partial charge in [0.25, 0.3) is 6.02 Å². The van der Waals surface area contributed by atoms with Crippen LogP contribution in [0.2, 0.25) is 0 Å². The number of carboxylic acid groups (broad SMARTS) is 1. The second-order valence-electron chi connectivity index (χ2n) is 8.24. The summed E-state index contributed by atoms with van der Waals surface area (Å²) in [7, 11) is 1.77. The molecule has 4 atom stereocenters. The average molecular weight is 480 g/mol. The quantitative estimate of drug-likeness (QED) is 0.671. The van der Waals surface area contributed by atoms with Gasteiger partial charge in [-0.2, -0.15) is 13.2 Å². The van der Waals surface area contributed by atoms with Crippen LogP contribution < -0.4 is 10.5 Å². The monoisotopic (exact) mass is 480 g/mol. The van der Waals surface area contributed by atoms with Crippen LogP contribution in [0.25, 0.3) is 11.1 Å². The van der Waals surface area contributed by atoms with Crippen LogP contribution >= 0.6 is 0 Å². The number of aliphatic imine (C=N–C) groups is 1. The SMILES string of the molecule is CO[C@@H]1CC[C@@H]2Oc3ccc(-c4cncnc4)cc3C3(COC(N)=N3)[C@H]2C1.O=C(O)C(F)(F)F. The average Bonchev–Trinajstić information content (AvgIpc) is 3.21. The van der Waals surface area contributed by atoms with Gasteiger partial charge in [0.05, 0.1) is 6.10 Å². The van der Waals surface area contributed by atoms with Crippen molar-refractivity contribution in [1.82, 2.24) is 9.97 Å². The smallest absolute Gasteiger partial charge is 0.490 e. The Bertz CT molecular complexity index is 1080. The lowest BCUT2D eigenvalue weighted by Gasteiger charge is -2.47. The summed E-state index contributed by atoms with van der Waals surface area (Å²) in [6, 6.07) is 6.42. The van der Waals surface area contributed by atoms with E-state index in [9.17, 15) is 13.2 Å². The Hall–Kier alpha value is -3.41. The zero-order valence-electron chi connectivity index (χ0n) is 18.2. The van der Waals surface area contributed by atoms with E-state index in [2.05, 4.69) is 16.0 Å². The molecule has 2 aliphatic heterocycles. The Kier molecular flexibility index (Phi) is 6.34. The minimum Gasteiger partial charge on any atom is -0.490 e. The van der Waals surface area contributed by atoms with Crippen LogP contribution in [0.5, 0.6) is 5.75 Å². The Morgan fingerprint density at radius 2 is 1.94 bits per heavy atom. The van der Waals surface area contributed by atoms with Crippen molar-refractivity contribution in [2.45, 2.75) is 43.2 Å². The number of amidine groups is 1. The molecule has 34 heavy (non-hydrogen) atoms. The molecule has 0 amide bonds. The maximum absolute atomic E-state index is 10.6. The van der Waals surface area contributed by atoms with Crippen molar-refractivity contribution in [3.05, 3.63) is 42.5 Å². The summed E-state index contributed by atoms with van der Waals surface area (Å²) in [6.07, 6.45) is 3.15. The van der Waals surface area contributed by atoms with Gasteiger partial charge in [-0.25, -0.2) is 19.8 Å². The number of halogens is 3. The molecule has 0 saturated heterocycles. The van der Waals surface area contributed by atoms with Crippen LogP contribution in [0.3, 0.4) is 0 Å². The van der Waals surface area contributed by atoms with Crippen LogP contribution in [0.1, 0.15) is 24.8 Å². The molecule has 1 aromatic heterocycles. The number of rotatable bonds is 2. The number of hydrogen-bond acceptors (Lipinski definition) is 8. The van der Waals surface area contributed by atoms with Gasteiger partial charge < -0.3 is 25.1 Å². The van der Waals surface area contributed by atoms with Crippen molar-refractivity contribution < 1.29 is 37.3 Å². The number of nitrogens with two attached hydrogens (primary N) is 1. The van der Waals surface area contributed by atoms with Crippen LogP contribution in [0, 0.1) is 5.92 Å². The molecule has 1 spiro atoms. The largest absolute Gasteiger partial charge is 0.490 e. The highest BCUT2D eigenvalue weighted by atomic mass is 19.4. The van der Waals surface area contributed by atoms with Crippen LogP contribution in [0.15, 0.2) is 41.9 Å². The van der Waals surface area contributed by atoms with Gasteiger partial charge >= 0.3 is 12.1 Å². The number of methoxy groups -OCH3 is 1. The van der Waals surface area contributed by atoms with E-state index in [1.807, 2.05) is 12.1 Å². The minimum atomic E-state index is -5.08. The lowest BCUT2D eigenvalue weighted by molar-refractivity contribution is -0.192. The predicted octanol–water partition coefficient (Wildman–Crippen LogP) is 2.89. The topological polar surface area (TPSA) is 129 Å². The van der Waals surface area contributed by atoms with E-state index in [0.717, 1.165) is 41.7 Å². The molecule has 2 aromatic rings. The molecule has 3 aliphatic rings. The Morgan fingerprint density at radius 1 is 1.24 bits per heavy atom. The first-order valence-electron chi connectivity index (χ1n) is 10.5. The summed E-state index contributed by atoms with van der Waals surface area (Å²) < 4.78 is 49.5. The number of ether oxygens (including phenoxy) is 3. The molecule has 1 aliphatic carbocycles. The zero-order valence-corrected chi connectivity index (χ0v) is 18.2. The van der Waals surface area contributed by atoms with E-state index in [4.69, 9.17) is 34.8 Å². The highest BCUT2D eigenvalue weighted by Crippen LogP contribution is 2.53. The maximum Gasteiger partial charge on any atom is 0.490 e. The van der Waals surface area contributed by atoms with Gasteiger partial charge in [0.1, 0.15) is 30.3 Å². The molecule has 0 radical (unpaired) electrons. The van der Waals surface area contributed by atoms with Gasteiger partial charge in [0.2, 0.25) is 0 Å². The van der Waals surface area contributed by atoms with Crippen molar-refractivity contribution in [3.8, 4) is 16.9 Å². The first-order valence-corrected chi connectivity index (χ1v) is 10.5. The van der Waals surface area contributed by atoms with Gasteiger partial charge in [-0.3, -0.25) is 0 Å². The number of fused-ring (bicyclic) bond motifs is 4. The number of carboxylic acids is 1. The van der Waals surface area contributed by atoms with Gasteiger partial charge in [0.15, 0.2) is 0 Å². The molecular weight excluding hydrogens is 457 g/mol. The second kappa shape index (κ2) is 9.09. The number of aromatic nitrogens is 2. The lowest BCUT2D eigenvalue weighted by atomic mass is 9.67. The Morgan fingerprint density at radius 3 is 2.53 bits per heavy atom. The van der Waals surface area contributed by atoms with Crippen molar-refractivity contribution in [2.24, 2.45) is 16.6 Å². The summed E-state index contributed by atoms with van der Waals surface area (Å²) in [5, 5.41) is 7.12. The van der Waals surface area contributed by atoms with Crippen LogP contribution in [0.4, 0.5) is 13.2 Å². The third kappa shape index (κ3) is 4.49. The van der Waals surface area contributed by atoms with Crippen molar-refractivity contribution in [2.75, 3.05) is 13.7 Å². The fraction of sp³-hybridized carbons (Fsp3) is 0.455. The van der Waals surface area contributed by atoms with E-state index >= 15 is 0 Å². The number of carbonyl (C=O) groups is 1. The van der Waals surface area contributed by atoms with Crippen molar-refractivity contribution >= 4 is 12.0 Å². The number of nitrogens with zero attached hydrogens (tertiary/aromatic N) is 3. The summed E-state index contributed by atoms with van der Waals surface area (Å²) in [5.41, 5.74) is 8.43. The van der Waals surface area contributed by atoms with Gasteiger partial charge in [-0.1, -0.05) is 6.07 Å². The molecular formula is C22H23F3N4O5. The van der Waals surface area contributed by atoms with E-state index in [1.54, 1.807) is 19.5 Å². The van der Waals surface area contributed by atoms with Crippen LogP contribution in [-0.4, -0.2) is 59.2 Å². The third-order valence-electron chi connectivity index (χ3n) is 6.30. The zero-order chi connectivity index (χ0) is 24.5. The van der Waals surface area contributed by atoms with Gasteiger partial charge in [-0.05, 0) is 37.0 Å². The molecule has 3 N–H and O–H groups in total. The number of hydrogen-bond donors (Lipinski definition) is 2. The molecule has 0 bridgehead atoms. The highest BCUT2D eigenvalue weighted by Gasteiger charge is 2.55. The summed E-state index contributed by atoms with van der Waals surface area (Å²) in [5.74, 6) is -1.74. The fourth-order valence-electron chi connectivity index (χ4n) is 4.70. The van der Waals surface area contributed by atoms with Gasteiger partial charge in [-0.15, -0.1) is 0 Å². The molecule has 1 fully saturated rings. The molecule has 12 heteroatoms. The highest BCUT2D eigenvalue weighted by molar-refractivity contribution is 5.75. The predicted molar refractivity (Wildman–Crippen MR) is 113 cm³/mol. The number of alkyl halides is 3. The Labute approximate surface area is 192 Å². The molecule has 1 saturated carbocycles.